The molecule has 3 nitrogen and oxygen atoms in total. The molecule has 94 valence electrons. The second kappa shape index (κ2) is 4.88. The standard InChI is InChI=1S/C14H21NO2/c1-9-6-5-7-12(11(9)3)10(2)8-14(4,15)13(16)17/h5-7,10H,8,15H2,1-4H3,(H,16,17). The van der Waals surface area contributed by atoms with Crippen LogP contribution in [0, 0.1) is 13.8 Å². The largest absolute Gasteiger partial charge is 0.480 e. The number of aryl methyl sites for hydroxylation is 1. The van der Waals surface area contributed by atoms with E-state index in [9.17, 15) is 4.79 Å². The first-order valence-electron chi connectivity index (χ1n) is 5.84. The van der Waals surface area contributed by atoms with Crippen molar-refractivity contribution in [3.05, 3.63) is 34.9 Å². The van der Waals surface area contributed by atoms with Crippen LogP contribution in [-0.2, 0) is 4.79 Å². The molecule has 0 aliphatic heterocycles. The lowest BCUT2D eigenvalue weighted by atomic mass is 9.84. The zero-order valence-corrected chi connectivity index (χ0v) is 10.9. The summed E-state index contributed by atoms with van der Waals surface area (Å²) in [7, 11) is 0. The average Bonchev–Trinajstić information content (AvgIpc) is 2.21. The van der Waals surface area contributed by atoms with Crippen LogP contribution in [0.3, 0.4) is 0 Å². The minimum Gasteiger partial charge on any atom is -0.480 e. The zero-order chi connectivity index (χ0) is 13.2. The van der Waals surface area contributed by atoms with Crippen molar-refractivity contribution in [2.75, 3.05) is 0 Å². The van der Waals surface area contributed by atoms with Crippen molar-refractivity contribution in [3.63, 3.8) is 0 Å². The number of benzene rings is 1. The van der Waals surface area contributed by atoms with Crippen molar-refractivity contribution in [2.45, 2.75) is 45.6 Å². The van der Waals surface area contributed by atoms with Gasteiger partial charge in [-0.15, -0.1) is 0 Å². The van der Waals surface area contributed by atoms with E-state index >= 15 is 0 Å². The van der Waals surface area contributed by atoms with Gasteiger partial charge in [0.05, 0.1) is 0 Å². The van der Waals surface area contributed by atoms with Gasteiger partial charge < -0.3 is 10.8 Å². The van der Waals surface area contributed by atoms with E-state index in [1.807, 2.05) is 19.1 Å². The van der Waals surface area contributed by atoms with Crippen molar-refractivity contribution in [1.82, 2.24) is 0 Å². The fourth-order valence-electron chi connectivity index (χ4n) is 2.14. The first kappa shape index (κ1) is 13.7. The van der Waals surface area contributed by atoms with Crippen molar-refractivity contribution in [1.29, 1.82) is 0 Å². The summed E-state index contributed by atoms with van der Waals surface area (Å²) in [4.78, 5) is 11.0. The van der Waals surface area contributed by atoms with Crippen LogP contribution in [0.15, 0.2) is 18.2 Å². The number of rotatable bonds is 4. The SMILES string of the molecule is Cc1cccc(C(C)CC(C)(N)C(=O)O)c1C. The highest BCUT2D eigenvalue weighted by atomic mass is 16.4. The predicted molar refractivity (Wildman–Crippen MR) is 69.2 cm³/mol. The lowest BCUT2D eigenvalue weighted by Crippen LogP contribution is -2.45. The molecular formula is C14H21NO2. The third-order valence-corrected chi connectivity index (χ3v) is 3.40. The van der Waals surface area contributed by atoms with E-state index < -0.39 is 11.5 Å². The Morgan fingerprint density at radius 1 is 1.47 bits per heavy atom. The molecule has 0 heterocycles. The maximum Gasteiger partial charge on any atom is 0.323 e. The summed E-state index contributed by atoms with van der Waals surface area (Å²) < 4.78 is 0. The van der Waals surface area contributed by atoms with Crippen molar-refractivity contribution in [3.8, 4) is 0 Å². The summed E-state index contributed by atoms with van der Waals surface area (Å²) in [5.41, 5.74) is 8.25. The van der Waals surface area contributed by atoms with Crippen LogP contribution >= 0.6 is 0 Å². The molecule has 0 radical (unpaired) electrons. The van der Waals surface area contributed by atoms with Crippen LogP contribution < -0.4 is 5.73 Å². The second-order valence-electron chi connectivity index (χ2n) is 5.12. The van der Waals surface area contributed by atoms with Gasteiger partial charge in [-0.2, -0.15) is 0 Å². The van der Waals surface area contributed by atoms with E-state index in [-0.39, 0.29) is 5.92 Å². The zero-order valence-electron chi connectivity index (χ0n) is 10.9. The molecule has 3 heteroatoms. The summed E-state index contributed by atoms with van der Waals surface area (Å²) in [5.74, 6) is -0.810. The van der Waals surface area contributed by atoms with Crippen molar-refractivity contribution >= 4 is 5.97 Å². The van der Waals surface area contributed by atoms with Crippen LogP contribution in [0.1, 0.15) is 42.9 Å². The maximum atomic E-state index is 11.0. The Kier molecular flexibility index (Phi) is 3.94. The Morgan fingerprint density at radius 2 is 2.06 bits per heavy atom. The minimum absolute atomic E-state index is 0.140. The molecule has 2 unspecified atom stereocenters. The fraction of sp³-hybridized carbons (Fsp3) is 0.500. The van der Waals surface area contributed by atoms with Crippen LogP contribution in [-0.4, -0.2) is 16.6 Å². The fourth-order valence-corrected chi connectivity index (χ4v) is 2.14. The van der Waals surface area contributed by atoms with E-state index in [1.165, 1.54) is 16.7 Å². The Hall–Kier alpha value is -1.35. The Bertz CT molecular complexity index is 424. The van der Waals surface area contributed by atoms with Gasteiger partial charge in [0.25, 0.3) is 0 Å². The van der Waals surface area contributed by atoms with Gasteiger partial charge in [0.2, 0.25) is 0 Å². The molecule has 0 spiro atoms. The third-order valence-electron chi connectivity index (χ3n) is 3.40. The van der Waals surface area contributed by atoms with Crippen molar-refractivity contribution in [2.24, 2.45) is 5.73 Å². The summed E-state index contributed by atoms with van der Waals surface area (Å²) >= 11 is 0. The molecule has 3 N–H and O–H groups in total. The Labute approximate surface area is 103 Å². The van der Waals surface area contributed by atoms with Crippen molar-refractivity contribution < 1.29 is 9.90 Å². The summed E-state index contributed by atoms with van der Waals surface area (Å²) in [6.45, 7) is 7.72. The van der Waals surface area contributed by atoms with E-state index in [4.69, 9.17) is 10.8 Å². The van der Waals surface area contributed by atoms with Gasteiger partial charge in [-0.05, 0) is 49.8 Å². The monoisotopic (exact) mass is 235 g/mol. The molecular weight excluding hydrogens is 214 g/mol. The van der Waals surface area contributed by atoms with Gasteiger partial charge in [0, 0.05) is 0 Å². The van der Waals surface area contributed by atoms with Gasteiger partial charge in [-0.1, -0.05) is 25.1 Å². The lowest BCUT2D eigenvalue weighted by Gasteiger charge is -2.25. The molecule has 1 aromatic rings. The van der Waals surface area contributed by atoms with E-state index in [1.54, 1.807) is 6.92 Å². The Balaban J connectivity index is 2.94. The van der Waals surface area contributed by atoms with E-state index in [0.29, 0.717) is 6.42 Å². The van der Waals surface area contributed by atoms with Crippen LogP contribution in [0.25, 0.3) is 0 Å². The van der Waals surface area contributed by atoms with Gasteiger partial charge in [0.15, 0.2) is 0 Å². The molecule has 0 fully saturated rings. The molecule has 1 aromatic carbocycles. The summed E-state index contributed by atoms with van der Waals surface area (Å²) in [6.07, 6.45) is 0.437. The first-order chi connectivity index (χ1) is 7.75. The molecule has 0 saturated carbocycles. The second-order valence-corrected chi connectivity index (χ2v) is 5.12. The molecule has 1 rings (SSSR count). The number of carboxylic acids is 1. The smallest absolute Gasteiger partial charge is 0.323 e. The third kappa shape index (κ3) is 3.07. The predicted octanol–water partition coefficient (Wildman–Crippen LogP) is 2.60. The molecule has 0 bridgehead atoms. The highest BCUT2D eigenvalue weighted by Gasteiger charge is 2.30. The summed E-state index contributed by atoms with van der Waals surface area (Å²) in [5, 5.41) is 9.04. The first-order valence-corrected chi connectivity index (χ1v) is 5.84. The number of carboxylic acid groups (broad SMARTS) is 1. The topological polar surface area (TPSA) is 63.3 Å². The highest BCUT2D eigenvalue weighted by Crippen LogP contribution is 2.28. The van der Waals surface area contributed by atoms with Gasteiger partial charge in [-0.25, -0.2) is 0 Å². The number of aliphatic carboxylic acids is 1. The molecule has 0 aliphatic rings. The Morgan fingerprint density at radius 3 is 2.59 bits per heavy atom. The highest BCUT2D eigenvalue weighted by molar-refractivity contribution is 5.77. The number of nitrogens with two attached hydrogens (primary N) is 1. The number of hydrogen-bond acceptors (Lipinski definition) is 2. The van der Waals surface area contributed by atoms with Crippen LogP contribution in [0.4, 0.5) is 0 Å². The van der Waals surface area contributed by atoms with Gasteiger partial charge >= 0.3 is 5.97 Å². The molecule has 0 amide bonds. The molecule has 0 aromatic heterocycles. The van der Waals surface area contributed by atoms with Crippen LogP contribution in [0.5, 0.6) is 0 Å². The molecule has 0 saturated heterocycles. The van der Waals surface area contributed by atoms with Crippen LogP contribution in [0.2, 0.25) is 0 Å². The number of carbonyl (C=O) groups is 1. The molecule has 2 atom stereocenters. The molecule has 0 aliphatic carbocycles. The minimum atomic E-state index is -1.17. The van der Waals surface area contributed by atoms with Gasteiger partial charge in [0.1, 0.15) is 5.54 Å². The summed E-state index contributed by atoms with van der Waals surface area (Å²) in [6, 6.07) is 6.11. The maximum absolute atomic E-state index is 11.0. The molecule has 17 heavy (non-hydrogen) atoms. The number of hydrogen-bond donors (Lipinski definition) is 2. The van der Waals surface area contributed by atoms with Gasteiger partial charge in [-0.3, -0.25) is 4.79 Å². The normalized spacial score (nSPS) is 16.3. The quantitative estimate of drug-likeness (QED) is 0.843. The average molecular weight is 235 g/mol. The van der Waals surface area contributed by atoms with E-state index in [2.05, 4.69) is 19.9 Å². The van der Waals surface area contributed by atoms with E-state index in [0.717, 1.165) is 0 Å². The lowest BCUT2D eigenvalue weighted by molar-refractivity contribution is -0.143.